The number of nitrogens with one attached hydrogen (secondary N) is 1. The fourth-order valence-electron chi connectivity index (χ4n) is 2.25. The lowest BCUT2D eigenvalue weighted by Gasteiger charge is -2.32. The van der Waals surface area contributed by atoms with Crippen molar-refractivity contribution in [1.82, 2.24) is 15.3 Å². The molecule has 0 saturated carbocycles. The second-order valence-corrected chi connectivity index (χ2v) is 5.17. The number of carbonyl (C=O) groups is 1. The lowest BCUT2D eigenvalue weighted by atomic mass is 9.96. The molecule has 1 aromatic heterocycles. The van der Waals surface area contributed by atoms with Crippen LogP contribution in [0.4, 0.5) is 5.69 Å². The van der Waals surface area contributed by atoms with Crippen molar-refractivity contribution in [3.63, 3.8) is 0 Å². The molecule has 5 nitrogen and oxygen atoms in total. The lowest BCUT2D eigenvalue weighted by molar-refractivity contribution is -0.125. The molecule has 1 fully saturated rings. The monoisotopic (exact) mass is 302 g/mol. The van der Waals surface area contributed by atoms with Gasteiger partial charge >= 0.3 is 0 Å². The topological polar surface area (TPSA) is 58.1 Å². The van der Waals surface area contributed by atoms with E-state index in [1.807, 2.05) is 6.92 Å². The highest BCUT2D eigenvalue weighted by atomic mass is 35.5. The minimum absolute atomic E-state index is 0.0863. The van der Waals surface area contributed by atoms with E-state index in [1.54, 1.807) is 6.20 Å². The Labute approximate surface area is 122 Å². The fraction of sp³-hybridized carbons (Fsp3) is 0.583. The molecule has 0 aliphatic carbocycles. The van der Waals surface area contributed by atoms with Crippen molar-refractivity contribution >= 4 is 34.8 Å². The van der Waals surface area contributed by atoms with Crippen LogP contribution >= 0.6 is 23.2 Å². The SMILES string of the molecule is CCNC(=O)C1CCN(c2cnc(Cl)nc2Cl)CC1. The fourth-order valence-corrected chi connectivity index (χ4v) is 2.67. The zero-order valence-electron chi connectivity index (χ0n) is 10.7. The number of hydrogen-bond donors (Lipinski definition) is 1. The van der Waals surface area contributed by atoms with Gasteiger partial charge in [0.2, 0.25) is 11.2 Å². The van der Waals surface area contributed by atoms with Crippen molar-refractivity contribution in [3.05, 3.63) is 16.6 Å². The van der Waals surface area contributed by atoms with Crippen LogP contribution < -0.4 is 10.2 Å². The van der Waals surface area contributed by atoms with Crippen LogP contribution in [0.15, 0.2) is 6.20 Å². The summed E-state index contributed by atoms with van der Waals surface area (Å²) < 4.78 is 0. The van der Waals surface area contributed by atoms with E-state index in [2.05, 4.69) is 20.2 Å². The van der Waals surface area contributed by atoms with Crippen LogP contribution in [0.1, 0.15) is 19.8 Å². The Hall–Kier alpha value is -1.07. The highest BCUT2D eigenvalue weighted by Gasteiger charge is 2.25. The van der Waals surface area contributed by atoms with Crippen molar-refractivity contribution < 1.29 is 4.79 Å². The van der Waals surface area contributed by atoms with E-state index in [-0.39, 0.29) is 17.1 Å². The number of carbonyl (C=O) groups excluding carboxylic acids is 1. The third-order valence-corrected chi connectivity index (χ3v) is 3.71. The summed E-state index contributed by atoms with van der Waals surface area (Å²) in [7, 11) is 0. The summed E-state index contributed by atoms with van der Waals surface area (Å²) in [5, 5.41) is 3.37. The number of nitrogens with zero attached hydrogens (tertiary/aromatic N) is 3. The minimum Gasteiger partial charge on any atom is -0.368 e. The smallest absolute Gasteiger partial charge is 0.223 e. The van der Waals surface area contributed by atoms with Gasteiger partial charge < -0.3 is 10.2 Å². The van der Waals surface area contributed by atoms with E-state index in [0.29, 0.717) is 11.7 Å². The van der Waals surface area contributed by atoms with Gasteiger partial charge in [0.25, 0.3) is 0 Å². The molecule has 0 spiro atoms. The van der Waals surface area contributed by atoms with Gasteiger partial charge in [-0.15, -0.1) is 0 Å². The molecule has 19 heavy (non-hydrogen) atoms. The van der Waals surface area contributed by atoms with Crippen LogP contribution in [0.2, 0.25) is 10.4 Å². The third kappa shape index (κ3) is 3.48. The second kappa shape index (κ2) is 6.39. The molecule has 0 aromatic carbocycles. The first-order valence-electron chi connectivity index (χ1n) is 6.32. The Morgan fingerprint density at radius 2 is 2.16 bits per heavy atom. The quantitative estimate of drug-likeness (QED) is 0.686. The Morgan fingerprint density at radius 3 is 2.74 bits per heavy atom. The molecule has 7 heteroatoms. The Bertz CT molecular complexity index is 461. The minimum atomic E-state index is 0.0863. The molecule has 1 amide bonds. The standard InChI is InChI=1S/C12H16Cl2N4O/c1-2-15-11(19)8-3-5-18(6-4-8)9-7-16-12(14)17-10(9)13/h7-8H,2-6H2,1H3,(H,15,19). The van der Waals surface area contributed by atoms with E-state index >= 15 is 0 Å². The molecule has 2 heterocycles. The number of amides is 1. The number of piperidine rings is 1. The average molecular weight is 303 g/mol. The molecule has 0 unspecified atom stereocenters. The van der Waals surface area contributed by atoms with Crippen LogP contribution in [0.3, 0.4) is 0 Å². The zero-order chi connectivity index (χ0) is 13.8. The van der Waals surface area contributed by atoms with E-state index in [9.17, 15) is 4.79 Å². The first-order valence-corrected chi connectivity index (χ1v) is 7.08. The largest absolute Gasteiger partial charge is 0.368 e. The molecule has 0 bridgehead atoms. The number of aromatic nitrogens is 2. The molecule has 104 valence electrons. The van der Waals surface area contributed by atoms with Crippen LogP contribution in [0.25, 0.3) is 0 Å². The molecular weight excluding hydrogens is 287 g/mol. The van der Waals surface area contributed by atoms with Gasteiger partial charge in [-0.25, -0.2) is 9.97 Å². The summed E-state index contributed by atoms with van der Waals surface area (Å²) in [6.07, 6.45) is 3.25. The first-order chi connectivity index (χ1) is 9.11. The summed E-state index contributed by atoms with van der Waals surface area (Å²) >= 11 is 11.7. The maximum atomic E-state index is 11.8. The third-order valence-electron chi connectivity index (χ3n) is 3.25. The number of hydrogen-bond acceptors (Lipinski definition) is 4. The molecule has 0 radical (unpaired) electrons. The molecule has 1 aliphatic rings. The predicted octanol–water partition coefficient (Wildman–Crippen LogP) is 2.14. The van der Waals surface area contributed by atoms with E-state index in [0.717, 1.165) is 31.6 Å². The van der Waals surface area contributed by atoms with Crippen molar-refractivity contribution in [2.75, 3.05) is 24.5 Å². The van der Waals surface area contributed by atoms with Crippen LogP contribution in [-0.4, -0.2) is 35.5 Å². The number of rotatable bonds is 3. The Kier molecular flexibility index (Phi) is 4.82. The second-order valence-electron chi connectivity index (χ2n) is 4.47. The number of halogens is 2. The van der Waals surface area contributed by atoms with E-state index in [1.165, 1.54) is 0 Å². The predicted molar refractivity (Wildman–Crippen MR) is 75.7 cm³/mol. The molecule has 0 atom stereocenters. The van der Waals surface area contributed by atoms with Crippen LogP contribution in [0.5, 0.6) is 0 Å². The van der Waals surface area contributed by atoms with Crippen LogP contribution in [-0.2, 0) is 4.79 Å². The normalized spacial score (nSPS) is 16.5. The van der Waals surface area contributed by atoms with Gasteiger partial charge in [-0.1, -0.05) is 11.6 Å². The Morgan fingerprint density at radius 1 is 1.47 bits per heavy atom. The van der Waals surface area contributed by atoms with Crippen molar-refractivity contribution in [3.8, 4) is 0 Å². The number of anilines is 1. The van der Waals surface area contributed by atoms with E-state index in [4.69, 9.17) is 23.2 Å². The summed E-state index contributed by atoms with van der Waals surface area (Å²) in [5.74, 6) is 0.226. The van der Waals surface area contributed by atoms with Gasteiger partial charge in [0, 0.05) is 25.6 Å². The zero-order valence-corrected chi connectivity index (χ0v) is 12.2. The molecule has 1 aliphatic heterocycles. The van der Waals surface area contributed by atoms with Crippen LogP contribution in [0, 0.1) is 5.92 Å². The van der Waals surface area contributed by atoms with E-state index < -0.39 is 0 Å². The molecule has 1 saturated heterocycles. The average Bonchev–Trinajstić information content (AvgIpc) is 2.39. The van der Waals surface area contributed by atoms with Gasteiger partial charge in [0.15, 0.2) is 5.15 Å². The summed E-state index contributed by atoms with van der Waals surface area (Å²) in [4.78, 5) is 21.7. The molecule has 1 N–H and O–H groups in total. The lowest BCUT2D eigenvalue weighted by Crippen LogP contribution is -2.40. The summed E-state index contributed by atoms with van der Waals surface area (Å²) in [6, 6.07) is 0. The highest BCUT2D eigenvalue weighted by molar-refractivity contribution is 6.33. The van der Waals surface area contributed by atoms with Gasteiger partial charge in [-0.2, -0.15) is 0 Å². The summed E-state index contributed by atoms with van der Waals surface area (Å²) in [6.45, 7) is 4.15. The summed E-state index contributed by atoms with van der Waals surface area (Å²) in [5.41, 5.74) is 0.778. The highest BCUT2D eigenvalue weighted by Crippen LogP contribution is 2.28. The van der Waals surface area contributed by atoms with Crippen molar-refractivity contribution in [2.24, 2.45) is 5.92 Å². The van der Waals surface area contributed by atoms with Crippen molar-refractivity contribution in [2.45, 2.75) is 19.8 Å². The van der Waals surface area contributed by atoms with Gasteiger partial charge in [-0.3, -0.25) is 4.79 Å². The van der Waals surface area contributed by atoms with Gasteiger partial charge in [-0.05, 0) is 31.4 Å². The Balaban J connectivity index is 1.98. The van der Waals surface area contributed by atoms with Crippen molar-refractivity contribution in [1.29, 1.82) is 0 Å². The maximum Gasteiger partial charge on any atom is 0.223 e. The van der Waals surface area contributed by atoms with Gasteiger partial charge in [0.05, 0.1) is 11.9 Å². The molecular formula is C12H16Cl2N4O. The van der Waals surface area contributed by atoms with Gasteiger partial charge in [0.1, 0.15) is 0 Å². The molecule has 2 rings (SSSR count). The molecule has 1 aromatic rings. The first kappa shape index (κ1) is 14.3. The maximum absolute atomic E-state index is 11.8.